The Morgan fingerprint density at radius 1 is 1.27 bits per heavy atom. The third-order valence-electron chi connectivity index (χ3n) is 3.25. The number of pyridine rings is 1. The summed E-state index contributed by atoms with van der Waals surface area (Å²) in [5.41, 5.74) is -6.08. The molecular formula is C15H16F3N3O4S. The first kappa shape index (κ1) is 19.6. The number of likely N-dealkylation sites (N-methyl/N-ethyl adjacent to an activating group) is 1. The van der Waals surface area contributed by atoms with Crippen molar-refractivity contribution in [2.24, 2.45) is 0 Å². The molecule has 2 rings (SSSR count). The quantitative estimate of drug-likeness (QED) is 0.705. The predicted octanol–water partition coefficient (Wildman–Crippen LogP) is 2.56. The molecule has 0 atom stereocenters. The fourth-order valence-electron chi connectivity index (χ4n) is 1.88. The highest BCUT2D eigenvalue weighted by atomic mass is 32.2. The maximum atomic E-state index is 12.3. The second-order valence-corrected chi connectivity index (χ2v) is 6.86. The van der Waals surface area contributed by atoms with Crippen LogP contribution in [0.25, 0.3) is 0 Å². The highest BCUT2D eigenvalue weighted by Gasteiger charge is 2.46. The SMILES string of the molecule is CN(CCOc1ccc(NS(=O)(=O)C(F)(F)F)c(O)c1)c1ccccn1. The van der Waals surface area contributed by atoms with Crippen LogP contribution < -0.4 is 14.4 Å². The van der Waals surface area contributed by atoms with Gasteiger partial charge in [-0.2, -0.15) is 21.6 Å². The molecule has 0 fully saturated rings. The first-order chi connectivity index (χ1) is 12.1. The lowest BCUT2D eigenvalue weighted by atomic mass is 10.3. The van der Waals surface area contributed by atoms with Crippen LogP contribution in [0.4, 0.5) is 24.7 Å². The Morgan fingerprint density at radius 3 is 2.58 bits per heavy atom. The maximum absolute atomic E-state index is 12.3. The fourth-order valence-corrected chi connectivity index (χ4v) is 2.46. The molecule has 0 aliphatic carbocycles. The highest BCUT2D eigenvalue weighted by molar-refractivity contribution is 7.93. The molecule has 0 aliphatic rings. The number of aromatic hydroxyl groups is 1. The number of sulfonamides is 1. The summed E-state index contributed by atoms with van der Waals surface area (Å²) in [4.78, 5) is 5.98. The van der Waals surface area contributed by atoms with Gasteiger partial charge in [0.1, 0.15) is 23.9 Å². The van der Waals surface area contributed by atoms with E-state index in [1.54, 1.807) is 19.3 Å². The van der Waals surface area contributed by atoms with Gasteiger partial charge in [0.25, 0.3) is 0 Å². The smallest absolute Gasteiger partial charge is 0.506 e. The van der Waals surface area contributed by atoms with Crippen molar-refractivity contribution in [2.45, 2.75) is 5.51 Å². The third kappa shape index (κ3) is 4.91. The van der Waals surface area contributed by atoms with E-state index >= 15 is 0 Å². The molecule has 2 aromatic rings. The number of nitrogens with zero attached hydrogens (tertiary/aromatic N) is 2. The van der Waals surface area contributed by atoms with Gasteiger partial charge in [-0.3, -0.25) is 4.72 Å². The normalized spacial score (nSPS) is 11.8. The number of hydrogen-bond donors (Lipinski definition) is 2. The van der Waals surface area contributed by atoms with E-state index in [9.17, 15) is 26.7 Å². The molecule has 2 N–H and O–H groups in total. The summed E-state index contributed by atoms with van der Waals surface area (Å²) >= 11 is 0. The zero-order chi connectivity index (χ0) is 19.4. The van der Waals surface area contributed by atoms with Crippen LogP contribution in [0.3, 0.4) is 0 Å². The van der Waals surface area contributed by atoms with Crippen LogP contribution in [0.2, 0.25) is 0 Å². The number of rotatable bonds is 7. The van der Waals surface area contributed by atoms with Crippen LogP contribution in [0, 0.1) is 0 Å². The summed E-state index contributed by atoms with van der Waals surface area (Å²) in [5, 5.41) is 9.71. The summed E-state index contributed by atoms with van der Waals surface area (Å²) in [7, 11) is -3.81. The summed E-state index contributed by atoms with van der Waals surface area (Å²) in [5.74, 6) is 0.219. The van der Waals surface area contributed by atoms with Gasteiger partial charge in [-0.25, -0.2) is 4.98 Å². The van der Waals surface area contributed by atoms with Crippen LogP contribution in [0.15, 0.2) is 42.6 Å². The summed E-state index contributed by atoms with van der Waals surface area (Å²) in [6.07, 6.45) is 1.64. The zero-order valence-corrected chi connectivity index (χ0v) is 14.4. The van der Waals surface area contributed by atoms with Gasteiger partial charge in [-0.05, 0) is 24.3 Å². The van der Waals surface area contributed by atoms with Gasteiger partial charge in [-0.1, -0.05) is 6.07 Å². The average molecular weight is 391 g/mol. The predicted molar refractivity (Wildman–Crippen MR) is 89.7 cm³/mol. The summed E-state index contributed by atoms with van der Waals surface area (Å²) < 4.78 is 65.8. The Bertz CT molecular complexity index is 845. The van der Waals surface area contributed by atoms with E-state index < -0.39 is 27.0 Å². The summed E-state index contributed by atoms with van der Waals surface area (Å²) in [6, 6.07) is 8.68. The molecule has 1 aromatic heterocycles. The van der Waals surface area contributed by atoms with Crippen molar-refractivity contribution in [3.05, 3.63) is 42.6 Å². The third-order valence-corrected chi connectivity index (χ3v) is 4.35. The number of ether oxygens (including phenoxy) is 1. The fraction of sp³-hybridized carbons (Fsp3) is 0.267. The van der Waals surface area contributed by atoms with Crippen LogP contribution in [0.5, 0.6) is 11.5 Å². The molecule has 1 aromatic carbocycles. The van der Waals surface area contributed by atoms with Crippen molar-refractivity contribution in [1.82, 2.24) is 4.98 Å². The number of halogens is 3. The number of aromatic nitrogens is 1. The van der Waals surface area contributed by atoms with Crippen molar-refractivity contribution < 1.29 is 31.4 Å². The first-order valence-electron chi connectivity index (χ1n) is 7.27. The Balaban J connectivity index is 1.95. The Hall–Kier alpha value is -2.69. The molecule has 0 spiro atoms. The molecule has 0 amide bonds. The molecule has 142 valence electrons. The topological polar surface area (TPSA) is 91.8 Å². The Morgan fingerprint density at radius 2 is 2.00 bits per heavy atom. The van der Waals surface area contributed by atoms with E-state index in [2.05, 4.69) is 4.98 Å². The average Bonchev–Trinajstić information content (AvgIpc) is 2.57. The minimum atomic E-state index is -5.61. The summed E-state index contributed by atoms with van der Waals surface area (Å²) in [6.45, 7) is 0.667. The van der Waals surface area contributed by atoms with E-state index in [1.165, 1.54) is 10.8 Å². The van der Waals surface area contributed by atoms with Crippen LogP contribution in [-0.2, 0) is 10.0 Å². The molecule has 26 heavy (non-hydrogen) atoms. The van der Waals surface area contributed by atoms with Crippen molar-refractivity contribution in [3.8, 4) is 11.5 Å². The largest absolute Gasteiger partial charge is 0.516 e. The lowest BCUT2D eigenvalue weighted by Gasteiger charge is -2.18. The van der Waals surface area contributed by atoms with E-state index in [4.69, 9.17) is 4.74 Å². The number of phenolic OH excluding ortho intramolecular Hbond substituents is 1. The van der Waals surface area contributed by atoms with E-state index in [-0.39, 0.29) is 12.4 Å². The number of alkyl halides is 3. The Kier molecular flexibility index (Phi) is 5.80. The van der Waals surface area contributed by atoms with E-state index in [0.29, 0.717) is 6.54 Å². The van der Waals surface area contributed by atoms with Gasteiger partial charge in [0.15, 0.2) is 0 Å². The number of nitrogens with one attached hydrogen (secondary N) is 1. The first-order valence-corrected chi connectivity index (χ1v) is 8.75. The van der Waals surface area contributed by atoms with E-state index in [1.807, 2.05) is 17.0 Å². The minimum Gasteiger partial charge on any atom is -0.506 e. The molecule has 0 unspecified atom stereocenters. The van der Waals surface area contributed by atoms with Crippen molar-refractivity contribution in [1.29, 1.82) is 0 Å². The molecule has 0 saturated carbocycles. The molecule has 0 radical (unpaired) electrons. The Labute approximate surface area is 148 Å². The number of anilines is 2. The van der Waals surface area contributed by atoms with Crippen molar-refractivity contribution >= 4 is 21.5 Å². The van der Waals surface area contributed by atoms with Gasteiger partial charge in [0.2, 0.25) is 0 Å². The van der Waals surface area contributed by atoms with Gasteiger partial charge in [-0.15, -0.1) is 0 Å². The van der Waals surface area contributed by atoms with Crippen LogP contribution in [0.1, 0.15) is 0 Å². The molecule has 0 saturated heterocycles. The lowest BCUT2D eigenvalue weighted by molar-refractivity contribution is -0.0429. The molecular weight excluding hydrogens is 375 g/mol. The second kappa shape index (κ2) is 7.68. The van der Waals surface area contributed by atoms with E-state index in [0.717, 1.165) is 18.0 Å². The van der Waals surface area contributed by atoms with Gasteiger partial charge in [0, 0.05) is 19.3 Å². The maximum Gasteiger partial charge on any atom is 0.516 e. The molecule has 1 heterocycles. The molecule has 7 nitrogen and oxygen atoms in total. The molecule has 0 aliphatic heterocycles. The number of hydrogen-bond acceptors (Lipinski definition) is 6. The highest BCUT2D eigenvalue weighted by Crippen LogP contribution is 2.32. The molecule has 11 heteroatoms. The number of benzene rings is 1. The monoisotopic (exact) mass is 391 g/mol. The van der Waals surface area contributed by atoms with Crippen molar-refractivity contribution in [3.63, 3.8) is 0 Å². The molecule has 0 bridgehead atoms. The van der Waals surface area contributed by atoms with Crippen LogP contribution in [-0.4, -0.2) is 44.2 Å². The lowest BCUT2D eigenvalue weighted by Crippen LogP contribution is -2.29. The van der Waals surface area contributed by atoms with Gasteiger partial charge < -0.3 is 14.7 Å². The van der Waals surface area contributed by atoms with Crippen molar-refractivity contribution in [2.75, 3.05) is 29.8 Å². The van der Waals surface area contributed by atoms with Crippen LogP contribution >= 0.6 is 0 Å². The zero-order valence-electron chi connectivity index (χ0n) is 13.6. The second-order valence-electron chi connectivity index (χ2n) is 5.19. The van der Waals surface area contributed by atoms with Gasteiger partial charge in [0.05, 0.1) is 12.2 Å². The van der Waals surface area contributed by atoms with Gasteiger partial charge >= 0.3 is 15.5 Å². The minimum absolute atomic E-state index is 0.173. The number of phenols is 1. The standard InChI is InChI=1S/C15H16F3N3O4S/c1-21(14-4-2-3-7-19-14)8-9-25-11-5-6-12(13(22)10-11)20-26(23,24)15(16,17)18/h2-7,10,20,22H,8-9H2,1H3.